The Morgan fingerprint density at radius 2 is 2.10 bits per heavy atom. The summed E-state index contributed by atoms with van der Waals surface area (Å²) in [5, 5.41) is 3.31. The van der Waals surface area contributed by atoms with Crippen molar-refractivity contribution < 1.29 is 17.9 Å². The molecule has 164 valence electrons. The maximum Gasteiger partial charge on any atom is 0.261 e. The van der Waals surface area contributed by atoms with E-state index in [2.05, 4.69) is 4.98 Å². The van der Waals surface area contributed by atoms with Crippen LogP contribution in [0.25, 0.3) is 10.9 Å². The van der Waals surface area contributed by atoms with Crippen molar-refractivity contribution in [2.75, 3.05) is 18.1 Å². The van der Waals surface area contributed by atoms with E-state index in [0.29, 0.717) is 28.9 Å². The summed E-state index contributed by atoms with van der Waals surface area (Å²) >= 11 is 14.2. The van der Waals surface area contributed by atoms with E-state index in [1.54, 1.807) is 11.0 Å². The molecule has 3 heterocycles. The van der Waals surface area contributed by atoms with E-state index in [4.69, 9.17) is 27.9 Å². The summed E-state index contributed by atoms with van der Waals surface area (Å²) < 4.78 is 29.8. The molecule has 0 aliphatic carbocycles. The summed E-state index contributed by atoms with van der Waals surface area (Å²) in [6.07, 6.45) is 0.421. The molecular formula is C21H20Cl2N2O4S2. The monoisotopic (exact) mass is 498 g/mol. The van der Waals surface area contributed by atoms with E-state index in [0.717, 1.165) is 10.6 Å². The van der Waals surface area contributed by atoms with E-state index in [1.165, 1.54) is 11.3 Å². The van der Waals surface area contributed by atoms with Crippen molar-refractivity contribution in [1.82, 2.24) is 9.88 Å². The fourth-order valence-corrected chi connectivity index (χ4v) is 6.66. The van der Waals surface area contributed by atoms with Crippen LogP contribution >= 0.6 is 34.5 Å². The molecule has 6 nitrogen and oxygen atoms in total. The lowest BCUT2D eigenvalue weighted by atomic mass is 10.2. The standard InChI is InChI=1S/C21H20Cl2N2O4S2/c1-13-4-5-16-17(22)9-18(23)21(20(16)24-13)29-11-19(26)25(10-15-3-2-7-30-15)14-6-8-31(27,28)12-14/h2-5,7,9,14H,6,8,10-12H2,1H3. The van der Waals surface area contributed by atoms with E-state index < -0.39 is 9.84 Å². The molecule has 1 aromatic carbocycles. The third kappa shape index (κ3) is 4.98. The first kappa shape index (κ1) is 22.3. The maximum absolute atomic E-state index is 13.1. The fraction of sp³-hybridized carbons (Fsp3) is 0.333. The third-order valence-electron chi connectivity index (χ3n) is 5.19. The van der Waals surface area contributed by atoms with Crippen LogP contribution in [-0.4, -0.2) is 48.4 Å². The second kappa shape index (κ2) is 8.94. The summed E-state index contributed by atoms with van der Waals surface area (Å²) in [7, 11) is -3.14. The number of benzene rings is 1. The third-order valence-corrected chi connectivity index (χ3v) is 8.40. The quantitative estimate of drug-likeness (QED) is 0.499. The van der Waals surface area contributed by atoms with Gasteiger partial charge < -0.3 is 9.64 Å². The van der Waals surface area contributed by atoms with Crippen molar-refractivity contribution in [3.05, 3.63) is 56.3 Å². The lowest BCUT2D eigenvalue weighted by molar-refractivity contribution is -0.135. The number of nitrogens with zero attached hydrogens (tertiary/aromatic N) is 2. The lowest BCUT2D eigenvalue weighted by Crippen LogP contribution is -2.42. The van der Waals surface area contributed by atoms with Crippen LogP contribution in [0.4, 0.5) is 0 Å². The number of hydrogen-bond acceptors (Lipinski definition) is 6. The van der Waals surface area contributed by atoms with Gasteiger partial charge in [-0.1, -0.05) is 29.3 Å². The Hall–Kier alpha value is -1.87. The van der Waals surface area contributed by atoms with Crippen molar-refractivity contribution in [2.45, 2.75) is 25.9 Å². The van der Waals surface area contributed by atoms with Crippen molar-refractivity contribution in [3.8, 4) is 5.75 Å². The predicted octanol–water partition coefficient (Wildman–Crippen LogP) is 4.51. The van der Waals surface area contributed by atoms with Gasteiger partial charge in [0, 0.05) is 22.0 Å². The number of thiophene rings is 1. The van der Waals surface area contributed by atoms with Crippen LogP contribution in [0.3, 0.4) is 0 Å². The van der Waals surface area contributed by atoms with Gasteiger partial charge in [0.1, 0.15) is 5.52 Å². The number of aryl methyl sites for hydroxylation is 1. The zero-order valence-electron chi connectivity index (χ0n) is 16.7. The van der Waals surface area contributed by atoms with Gasteiger partial charge in [0.05, 0.1) is 28.1 Å². The molecule has 1 amide bonds. The van der Waals surface area contributed by atoms with Gasteiger partial charge >= 0.3 is 0 Å². The molecule has 0 saturated carbocycles. The minimum Gasteiger partial charge on any atom is -0.480 e. The zero-order chi connectivity index (χ0) is 22.2. The minimum absolute atomic E-state index is 0.0322. The average Bonchev–Trinajstić information content (AvgIpc) is 3.34. The predicted molar refractivity (Wildman–Crippen MR) is 124 cm³/mol. The van der Waals surface area contributed by atoms with Crippen LogP contribution in [0.1, 0.15) is 17.0 Å². The van der Waals surface area contributed by atoms with Gasteiger partial charge in [0.2, 0.25) is 0 Å². The Morgan fingerprint density at radius 1 is 1.29 bits per heavy atom. The number of carbonyl (C=O) groups excluding carboxylic acids is 1. The lowest BCUT2D eigenvalue weighted by Gasteiger charge is -2.28. The molecule has 1 aliphatic heterocycles. The SMILES string of the molecule is Cc1ccc2c(Cl)cc(Cl)c(OCC(=O)N(Cc3cccs3)C3CCS(=O)(=O)C3)c2n1. The molecule has 1 fully saturated rings. The van der Waals surface area contributed by atoms with Crippen LogP contribution < -0.4 is 4.74 Å². The number of halogens is 2. The van der Waals surface area contributed by atoms with E-state index in [-0.39, 0.29) is 40.8 Å². The number of carbonyl (C=O) groups is 1. The summed E-state index contributed by atoms with van der Waals surface area (Å²) in [6, 6.07) is 8.68. The highest BCUT2D eigenvalue weighted by molar-refractivity contribution is 7.91. The van der Waals surface area contributed by atoms with E-state index >= 15 is 0 Å². The Balaban J connectivity index is 1.59. The van der Waals surface area contributed by atoms with Gasteiger partial charge in [-0.15, -0.1) is 11.3 Å². The van der Waals surface area contributed by atoms with Crippen molar-refractivity contribution in [2.24, 2.45) is 0 Å². The number of ether oxygens (including phenoxy) is 1. The van der Waals surface area contributed by atoms with Crippen LogP contribution in [0, 0.1) is 6.92 Å². The normalized spacial score (nSPS) is 17.7. The van der Waals surface area contributed by atoms with Gasteiger partial charge in [-0.3, -0.25) is 4.79 Å². The maximum atomic E-state index is 13.1. The molecule has 10 heteroatoms. The first-order chi connectivity index (χ1) is 14.7. The highest BCUT2D eigenvalue weighted by Crippen LogP contribution is 2.37. The van der Waals surface area contributed by atoms with Crippen molar-refractivity contribution >= 4 is 61.2 Å². The number of rotatable bonds is 6. The number of aromatic nitrogens is 1. The zero-order valence-corrected chi connectivity index (χ0v) is 19.8. The Bertz CT molecular complexity index is 1230. The molecular weight excluding hydrogens is 479 g/mol. The number of sulfone groups is 1. The molecule has 3 aromatic rings. The first-order valence-electron chi connectivity index (χ1n) is 9.64. The highest BCUT2D eigenvalue weighted by atomic mass is 35.5. The summed E-state index contributed by atoms with van der Waals surface area (Å²) in [5.74, 6) is 0.0366. The molecule has 1 saturated heterocycles. The number of pyridine rings is 1. The van der Waals surface area contributed by atoms with Gasteiger partial charge in [-0.05, 0) is 43.0 Å². The molecule has 31 heavy (non-hydrogen) atoms. The average molecular weight is 499 g/mol. The van der Waals surface area contributed by atoms with Crippen molar-refractivity contribution in [1.29, 1.82) is 0 Å². The largest absolute Gasteiger partial charge is 0.480 e. The molecule has 0 radical (unpaired) electrons. The van der Waals surface area contributed by atoms with Crippen LogP contribution in [0.15, 0.2) is 35.7 Å². The highest BCUT2D eigenvalue weighted by Gasteiger charge is 2.35. The molecule has 2 aromatic heterocycles. The molecule has 1 unspecified atom stereocenters. The Morgan fingerprint density at radius 3 is 2.77 bits per heavy atom. The smallest absolute Gasteiger partial charge is 0.261 e. The topological polar surface area (TPSA) is 76.6 Å². The number of amides is 1. The second-order valence-electron chi connectivity index (χ2n) is 7.46. The van der Waals surface area contributed by atoms with Crippen LogP contribution in [-0.2, 0) is 21.2 Å². The first-order valence-corrected chi connectivity index (χ1v) is 13.1. The molecule has 1 atom stereocenters. The molecule has 1 aliphatic rings. The van der Waals surface area contributed by atoms with E-state index in [1.807, 2.05) is 36.6 Å². The van der Waals surface area contributed by atoms with E-state index in [9.17, 15) is 13.2 Å². The van der Waals surface area contributed by atoms with Gasteiger partial charge in [-0.25, -0.2) is 13.4 Å². The number of hydrogen-bond donors (Lipinski definition) is 0. The fourth-order valence-electron chi connectivity index (χ4n) is 3.66. The molecule has 0 N–H and O–H groups in total. The minimum atomic E-state index is -3.14. The second-order valence-corrected chi connectivity index (χ2v) is 11.5. The van der Waals surface area contributed by atoms with Crippen molar-refractivity contribution in [3.63, 3.8) is 0 Å². The Kier molecular flexibility index (Phi) is 6.44. The number of fused-ring (bicyclic) bond motifs is 1. The van der Waals surface area contributed by atoms with Gasteiger partial charge in [-0.2, -0.15) is 0 Å². The molecule has 0 bridgehead atoms. The summed E-state index contributed by atoms with van der Waals surface area (Å²) in [6.45, 7) is 1.90. The van der Waals surface area contributed by atoms with Gasteiger partial charge in [0.15, 0.2) is 22.2 Å². The molecule has 4 rings (SSSR count). The van der Waals surface area contributed by atoms with Crippen LogP contribution in [0.5, 0.6) is 5.75 Å². The summed E-state index contributed by atoms with van der Waals surface area (Å²) in [4.78, 5) is 20.2. The van der Waals surface area contributed by atoms with Crippen LogP contribution in [0.2, 0.25) is 10.0 Å². The Labute approximate surface area is 194 Å². The van der Waals surface area contributed by atoms with Gasteiger partial charge in [0.25, 0.3) is 5.91 Å². The summed E-state index contributed by atoms with van der Waals surface area (Å²) in [5.41, 5.74) is 1.25. The molecule has 0 spiro atoms.